The van der Waals surface area contributed by atoms with Crippen molar-refractivity contribution in [3.63, 3.8) is 0 Å². The Kier molecular flexibility index (Phi) is 3.80. The molecule has 0 spiro atoms. The molecule has 2 heterocycles. The molecule has 1 unspecified atom stereocenters. The number of H-pyrrole nitrogens is 1. The molecule has 1 aliphatic heterocycles. The number of nitrogens with zero attached hydrogens (tertiary/aromatic N) is 2. The van der Waals surface area contributed by atoms with Gasteiger partial charge in [0.15, 0.2) is 0 Å². The second-order valence-corrected chi connectivity index (χ2v) is 4.93. The summed E-state index contributed by atoms with van der Waals surface area (Å²) < 4.78 is 6.21. The maximum Gasteiger partial charge on any atom is 0.266 e. The maximum atomic E-state index is 11.5. The molecule has 1 saturated heterocycles. The van der Waals surface area contributed by atoms with Crippen LogP contribution in [0.15, 0.2) is 11.1 Å². The summed E-state index contributed by atoms with van der Waals surface area (Å²) in [7, 11) is 0. The summed E-state index contributed by atoms with van der Waals surface area (Å²) in [5.74, 6) is 0.765. The highest BCUT2D eigenvalue weighted by atomic mass is 127. The van der Waals surface area contributed by atoms with E-state index in [1.54, 1.807) is 0 Å². The fourth-order valence-electron chi connectivity index (χ4n) is 1.78. The number of hydrogen-bond donors (Lipinski definition) is 1. The van der Waals surface area contributed by atoms with Crippen LogP contribution in [0.2, 0.25) is 0 Å². The van der Waals surface area contributed by atoms with Crippen LogP contribution < -0.4 is 10.5 Å². The first-order valence-corrected chi connectivity index (χ1v) is 6.36. The van der Waals surface area contributed by atoms with Gasteiger partial charge in [-0.05, 0) is 35.9 Å². The fraction of sp³-hybridized carbons (Fsp3) is 0.600. The van der Waals surface area contributed by atoms with E-state index in [-0.39, 0.29) is 11.7 Å². The minimum absolute atomic E-state index is 0.0802. The van der Waals surface area contributed by atoms with Crippen molar-refractivity contribution in [1.82, 2.24) is 9.97 Å². The maximum absolute atomic E-state index is 11.5. The van der Waals surface area contributed by atoms with Gasteiger partial charge < -0.3 is 14.6 Å². The van der Waals surface area contributed by atoms with Crippen molar-refractivity contribution in [2.24, 2.45) is 0 Å². The van der Waals surface area contributed by atoms with Gasteiger partial charge in [0, 0.05) is 19.7 Å². The second-order valence-electron chi connectivity index (χ2n) is 3.85. The average Bonchev–Trinajstić information content (AvgIpc) is 2.47. The molecule has 0 radical (unpaired) electrons. The molecule has 6 heteroatoms. The Morgan fingerprint density at radius 2 is 2.50 bits per heavy atom. The zero-order valence-corrected chi connectivity index (χ0v) is 11.2. The van der Waals surface area contributed by atoms with E-state index < -0.39 is 0 Å². The monoisotopic (exact) mass is 335 g/mol. The van der Waals surface area contributed by atoms with E-state index in [1.165, 1.54) is 6.33 Å². The van der Waals surface area contributed by atoms with Crippen LogP contribution in [0, 0.1) is 3.57 Å². The van der Waals surface area contributed by atoms with Crippen LogP contribution in [0.4, 0.5) is 5.82 Å². The molecule has 1 aromatic heterocycles. The fourth-order valence-corrected chi connectivity index (χ4v) is 2.42. The molecule has 16 heavy (non-hydrogen) atoms. The Hall–Kier alpha value is -0.630. The number of aromatic amines is 1. The predicted octanol–water partition coefficient (Wildman–Crippen LogP) is 0.990. The molecular formula is C10H14IN3O2. The van der Waals surface area contributed by atoms with E-state index in [2.05, 4.69) is 14.9 Å². The number of nitrogens with one attached hydrogen (secondary N) is 1. The highest BCUT2D eigenvalue weighted by Gasteiger charge is 2.19. The minimum atomic E-state index is -0.0802. The molecule has 1 fully saturated rings. The lowest BCUT2D eigenvalue weighted by Gasteiger charge is -2.23. The summed E-state index contributed by atoms with van der Waals surface area (Å²) >= 11 is 2.04. The number of hydrogen-bond acceptors (Lipinski definition) is 4. The van der Waals surface area contributed by atoms with Gasteiger partial charge in [-0.1, -0.05) is 0 Å². The number of rotatable bonds is 1. The SMILES string of the molecule is CC1CN(c2nc[nH]c(=O)c2I)CCCO1. The number of halogens is 1. The lowest BCUT2D eigenvalue weighted by atomic mass is 10.3. The Balaban J connectivity index is 2.28. The molecule has 1 atom stereocenters. The zero-order valence-electron chi connectivity index (χ0n) is 9.07. The molecule has 0 aromatic carbocycles. The first-order valence-electron chi connectivity index (χ1n) is 5.28. The summed E-state index contributed by atoms with van der Waals surface area (Å²) in [5.41, 5.74) is -0.0802. The van der Waals surface area contributed by atoms with E-state index in [0.717, 1.165) is 31.9 Å². The van der Waals surface area contributed by atoms with Gasteiger partial charge in [-0.2, -0.15) is 0 Å². The van der Waals surface area contributed by atoms with Gasteiger partial charge >= 0.3 is 0 Å². The Morgan fingerprint density at radius 1 is 1.69 bits per heavy atom. The van der Waals surface area contributed by atoms with Crippen molar-refractivity contribution in [2.45, 2.75) is 19.4 Å². The minimum Gasteiger partial charge on any atom is -0.377 e. The normalized spacial score (nSPS) is 21.9. The van der Waals surface area contributed by atoms with E-state index in [9.17, 15) is 4.79 Å². The van der Waals surface area contributed by atoms with Crippen molar-refractivity contribution < 1.29 is 4.74 Å². The van der Waals surface area contributed by atoms with Crippen molar-refractivity contribution in [1.29, 1.82) is 0 Å². The van der Waals surface area contributed by atoms with Crippen molar-refractivity contribution in [3.05, 3.63) is 20.3 Å². The van der Waals surface area contributed by atoms with Crippen LogP contribution >= 0.6 is 22.6 Å². The zero-order chi connectivity index (χ0) is 11.5. The van der Waals surface area contributed by atoms with Gasteiger partial charge in [0.1, 0.15) is 9.39 Å². The summed E-state index contributed by atoms with van der Waals surface area (Å²) in [6, 6.07) is 0. The molecule has 1 N–H and O–H groups in total. The summed E-state index contributed by atoms with van der Waals surface area (Å²) in [5, 5.41) is 0. The van der Waals surface area contributed by atoms with E-state index >= 15 is 0 Å². The third kappa shape index (κ3) is 2.54. The van der Waals surface area contributed by atoms with E-state index in [0.29, 0.717) is 3.57 Å². The van der Waals surface area contributed by atoms with Crippen molar-refractivity contribution in [3.8, 4) is 0 Å². The Bertz CT molecular complexity index is 421. The van der Waals surface area contributed by atoms with Gasteiger partial charge in [-0.15, -0.1) is 0 Å². The molecule has 1 aliphatic rings. The van der Waals surface area contributed by atoms with Gasteiger partial charge in [0.25, 0.3) is 5.56 Å². The number of ether oxygens (including phenoxy) is 1. The number of aromatic nitrogens is 2. The predicted molar refractivity (Wildman–Crippen MR) is 69.8 cm³/mol. The largest absolute Gasteiger partial charge is 0.377 e. The van der Waals surface area contributed by atoms with Crippen LogP contribution in [0.5, 0.6) is 0 Å². The van der Waals surface area contributed by atoms with E-state index in [1.807, 2.05) is 29.5 Å². The van der Waals surface area contributed by atoms with Gasteiger partial charge in [-0.3, -0.25) is 4.79 Å². The van der Waals surface area contributed by atoms with Gasteiger partial charge in [0.05, 0.1) is 12.4 Å². The molecule has 0 saturated carbocycles. The topological polar surface area (TPSA) is 58.2 Å². The lowest BCUT2D eigenvalue weighted by molar-refractivity contribution is 0.0820. The highest BCUT2D eigenvalue weighted by Crippen LogP contribution is 2.18. The highest BCUT2D eigenvalue weighted by molar-refractivity contribution is 14.1. The molecular weight excluding hydrogens is 321 g/mol. The van der Waals surface area contributed by atoms with Crippen molar-refractivity contribution in [2.75, 3.05) is 24.6 Å². The third-order valence-electron chi connectivity index (χ3n) is 2.53. The Labute approximate surface area is 107 Å². The van der Waals surface area contributed by atoms with Crippen LogP contribution in [-0.4, -0.2) is 35.8 Å². The van der Waals surface area contributed by atoms with Crippen LogP contribution in [0.25, 0.3) is 0 Å². The molecule has 88 valence electrons. The second kappa shape index (κ2) is 5.13. The standard InChI is InChI=1S/C10H14IN3O2/c1-7-5-14(3-2-4-16-7)9-8(11)10(15)13-6-12-9/h6-7H,2-5H2,1H3,(H,12,13,15). The van der Waals surface area contributed by atoms with Crippen molar-refractivity contribution >= 4 is 28.4 Å². The first-order chi connectivity index (χ1) is 7.68. The molecule has 5 nitrogen and oxygen atoms in total. The molecule has 1 aromatic rings. The summed E-state index contributed by atoms with van der Waals surface area (Å²) in [4.78, 5) is 20.4. The smallest absolute Gasteiger partial charge is 0.266 e. The van der Waals surface area contributed by atoms with Gasteiger partial charge in [-0.25, -0.2) is 4.98 Å². The quantitative estimate of drug-likeness (QED) is 0.778. The van der Waals surface area contributed by atoms with Gasteiger partial charge in [0.2, 0.25) is 0 Å². The molecule has 0 amide bonds. The molecule has 2 rings (SSSR count). The summed E-state index contributed by atoms with van der Waals surface area (Å²) in [6.45, 7) is 4.49. The molecule has 0 bridgehead atoms. The van der Waals surface area contributed by atoms with E-state index in [4.69, 9.17) is 4.74 Å². The first kappa shape index (κ1) is 11.8. The lowest BCUT2D eigenvalue weighted by Crippen LogP contribution is -2.33. The third-order valence-corrected chi connectivity index (χ3v) is 3.50. The molecule has 0 aliphatic carbocycles. The number of anilines is 1. The van der Waals surface area contributed by atoms with Crippen LogP contribution in [0.3, 0.4) is 0 Å². The van der Waals surface area contributed by atoms with Crippen LogP contribution in [0.1, 0.15) is 13.3 Å². The van der Waals surface area contributed by atoms with Crippen LogP contribution in [-0.2, 0) is 4.74 Å². The average molecular weight is 335 g/mol. The summed E-state index contributed by atoms with van der Waals surface area (Å²) in [6.07, 6.45) is 2.60. The Morgan fingerprint density at radius 3 is 3.31 bits per heavy atom.